The second kappa shape index (κ2) is 10.5. The summed E-state index contributed by atoms with van der Waals surface area (Å²) in [5, 5.41) is 6.73. The van der Waals surface area contributed by atoms with Crippen LogP contribution in [0, 0.1) is 19.8 Å². The molecule has 1 N–H and O–H groups in total. The Hall–Kier alpha value is -2.80. The van der Waals surface area contributed by atoms with Gasteiger partial charge in [0, 0.05) is 18.7 Å². The van der Waals surface area contributed by atoms with E-state index in [4.69, 9.17) is 14.0 Å². The maximum absolute atomic E-state index is 12.6. The van der Waals surface area contributed by atoms with Gasteiger partial charge < -0.3 is 18.9 Å². The average Bonchev–Trinajstić information content (AvgIpc) is 3.05. The van der Waals surface area contributed by atoms with E-state index in [1.54, 1.807) is 0 Å². The van der Waals surface area contributed by atoms with Crippen molar-refractivity contribution in [1.29, 1.82) is 0 Å². The van der Waals surface area contributed by atoms with Crippen LogP contribution in [0.2, 0.25) is 0 Å². The van der Waals surface area contributed by atoms with Crippen LogP contribution >= 0.6 is 0 Å². The van der Waals surface area contributed by atoms with E-state index in [-0.39, 0.29) is 18.1 Å². The minimum Gasteiger partial charge on any atom is -0.491 e. The molecule has 7 heteroatoms. The fourth-order valence-electron chi connectivity index (χ4n) is 3.51. The monoisotopic (exact) mass is 427 g/mol. The van der Waals surface area contributed by atoms with Gasteiger partial charge in [0.15, 0.2) is 0 Å². The van der Waals surface area contributed by atoms with E-state index in [1.165, 1.54) is 5.57 Å². The topological polar surface area (TPSA) is 76.8 Å². The molecule has 1 unspecified atom stereocenters. The molecular weight excluding hydrogens is 394 g/mol. The van der Waals surface area contributed by atoms with Crippen LogP contribution in [0.3, 0.4) is 0 Å². The number of rotatable bonds is 7. The number of hydrogen-bond acceptors (Lipinski definition) is 5. The van der Waals surface area contributed by atoms with Crippen LogP contribution in [0.25, 0.3) is 6.08 Å². The van der Waals surface area contributed by atoms with Crippen LogP contribution in [0.5, 0.6) is 5.75 Å². The summed E-state index contributed by atoms with van der Waals surface area (Å²) in [5.74, 6) is 1.53. The fraction of sp³-hybridized carbons (Fsp3) is 0.500. The number of ether oxygens (including phenoxy) is 2. The predicted molar refractivity (Wildman–Crippen MR) is 121 cm³/mol. The van der Waals surface area contributed by atoms with Gasteiger partial charge in [-0.25, -0.2) is 4.79 Å². The first-order valence-electron chi connectivity index (χ1n) is 10.9. The van der Waals surface area contributed by atoms with Gasteiger partial charge in [-0.15, -0.1) is 0 Å². The van der Waals surface area contributed by atoms with Crippen molar-refractivity contribution >= 4 is 18.0 Å². The quantitative estimate of drug-likeness (QED) is 0.626. The standard InChI is InChI=1S/C24H33N3O4/c1-16(2)29-11-12-30-22-8-6-7-20(14-22)13-21-9-10-27(15-17(21)3)24(28)25-23-18(4)19(5)26-31-23/h6-8,13-14,16-17H,9-12,15H2,1-5H3,(H,25,28). The van der Waals surface area contributed by atoms with Crippen molar-refractivity contribution in [3.63, 3.8) is 0 Å². The summed E-state index contributed by atoms with van der Waals surface area (Å²) in [5.41, 5.74) is 4.08. The van der Waals surface area contributed by atoms with Crippen molar-refractivity contribution in [1.82, 2.24) is 10.1 Å². The number of carbonyl (C=O) groups excluding carboxylic acids is 1. The first kappa shape index (κ1) is 22.9. The maximum atomic E-state index is 12.6. The number of carbonyl (C=O) groups is 1. The molecule has 1 saturated heterocycles. The minimum atomic E-state index is -0.149. The highest BCUT2D eigenvalue weighted by Gasteiger charge is 2.25. The van der Waals surface area contributed by atoms with Gasteiger partial charge in [-0.2, -0.15) is 0 Å². The Balaban J connectivity index is 1.56. The van der Waals surface area contributed by atoms with Gasteiger partial charge in [-0.3, -0.25) is 5.32 Å². The Labute approximate surface area is 184 Å². The fourth-order valence-corrected chi connectivity index (χ4v) is 3.51. The van der Waals surface area contributed by atoms with E-state index in [2.05, 4.69) is 29.5 Å². The van der Waals surface area contributed by atoms with E-state index in [9.17, 15) is 4.79 Å². The van der Waals surface area contributed by atoms with Gasteiger partial charge in [-0.1, -0.05) is 35.9 Å². The highest BCUT2D eigenvalue weighted by atomic mass is 16.5. The van der Waals surface area contributed by atoms with Crippen LogP contribution in [0.1, 0.15) is 44.0 Å². The van der Waals surface area contributed by atoms with Crippen molar-refractivity contribution in [2.75, 3.05) is 31.6 Å². The lowest BCUT2D eigenvalue weighted by atomic mass is 9.91. The minimum absolute atomic E-state index is 0.149. The molecule has 0 radical (unpaired) electrons. The summed E-state index contributed by atoms with van der Waals surface area (Å²) in [6.45, 7) is 12.3. The zero-order valence-electron chi connectivity index (χ0n) is 19.1. The number of nitrogens with zero attached hydrogens (tertiary/aromatic N) is 2. The van der Waals surface area contributed by atoms with Crippen molar-refractivity contribution in [3.8, 4) is 5.75 Å². The summed E-state index contributed by atoms with van der Waals surface area (Å²) in [4.78, 5) is 14.5. The number of amides is 2. The molecular formula is C24H33N3O4. The molecule has 0 bridgehead atoms. The van der Waals surface area contributed by atoms with Gasteiger partial charge in [-0.05, 0) is 57.7 Å². The van der Waals surface area contributed by atoms with E-state index >= 15 is 0 Å². The average molecular weight is 428 g/mol. The molecule has 1 aromatic carbocycles. The number of piperidine rings is 1. The Morgan fingerprint density at radius 1 is 1.35 bits per heavy atom. The number of urea groups is 1. The van der Waals surface area contributed by atoms with Crippen LogP contribution in [-0.2, 0) is 4.74 Å². The molecule has 0 spiro atoms. The number of hydrogen-bond donors (Lipinski definition) is 1. The summed E-state index contributed by atoms with van der Waals surface area (Å²) in [7, 11) is 0. The Morgan fingerprint density at radius 3 is 2.84 bits per heavy atom. The number of anilines is 1. The lowest BCUT2D eigenvalue weighted by Crippen LogP contribution is -2.42. The molecule has 7 nitrogen and oxygen atoms in total. The molecule has 1 fully saturated rings. The highest BCUT2D eigenvalue weighted by molar-refractivity contribution is 5.88. The Morgan fingerprint density at radius 2 is 2.16 bits per heavy atom. The normalized spacial score (nSPS) is 17.9. The number of benzene rings is 1. The number of likely N-dealkylation sites (tertiary alicyclic amines) is 1. The lowest BCUT2D eigenvalue weighted by Gasteiger charge is -2.33. The second-order valence-corrected chi connectivity index (χ2v) is 8.31. The first-order chi connectivity index (χ1) is 14.8. The van der Waals surface area contributed by atoms with E-state index in [0.717, 1.165) is 29.0 Å². The molecule has 1 aliphatic rings. The zero-order chi connectivity index (χ0) is 22.4. The summed E-state index contributed by atoms with van der Waals surface area (Å²) in [6.07, 6.45) is 3.25. The lowest BCUT2D eigenvalue weighted by molar-refractivity contribution is 0.0552. The predicted octanol–water partition coefficient (Wildman–Crippen LogP) is 5.05. The smallest absolute Gasteiger partial charge is 0.324 e. The molecule has 1 aromatic heterocycles. The Kier molecular flexibility index (Phi) is 7.74. The molecule has 0 saturated carbocycles. The zero-order valence-corrected chi connectivity index (χ0v) is 19.1. The van der Waals surface area contributed by atoms with E-state index < -0.39 is 0 Å². The van der Waals surface area contributed by atoms with Crippen molar-refractivity contribution in [2.24, 2.45) is 5.92 Å². The molecule has 3 rings (SSSR count). The number of aryl methyl sites for hydroxylation is 1. The van der Waals surface area contributed by atoms with Gasteiger partial charge in [0.1, 0.15) is 12.4 Å². The molecule has 1 aliphatic heterocycles. The van der Waals surface area contributed by atoms with Crippen LogP contribution in [0.4, 0.5) is 10.7 Å². The van der Waals surface area contributed by atoms with E-state index in [1.807, 2.05) is 50.8 Å². The van der Waals surface area contributed by atoms with Gasteiger partial charge in [0.05, 0.1) is 18.4 Å². The molecule has 31 heavy (non-hydrogen) atoms. The van der Waals surface area contributed by atoms with Crippen LogP contribution in [0.15, 0.2) is 34.4 Å². The molecule has 2 aromatic rings. The third-order valence-electron chi connectivity index (χ3n) is 5.48. The van der Waals surface area contributed by atoms with Crippen LogP contribution in [-0.4, -0.2) is 48.5 Å². The van der Waals surface area contributed by atoms with Crippen LogP contribution < -0.4 is 10.1 Å². The third kappa shape index (κ3) is 6.34. The van der Waals surface area contributed by atoms with Gasteiger partial charge in [0.25, 0.3) is 0 Å². The maximum Gasteiger partial charge on any atom is 0.324 e. The van der Waals surface area contributed by atoms with Crippen molar-refractivity contribution < 1.29 is 18.8 Å². The molecule has 168 valence electrons. The molecule has 2 heterocycles. The van der Waals surface area contributed by atoms with Gasteiger partial charge >= 0.3 is 6.03 Å². The van der Waals surface area contributed by atoms with Gasteiger partial charge in [0.2, 0.25) is 5.88 Å². The second-order valence-electron chi connectivity index (χ2n) is 8.31. The molecule has 0 aliphatic carbocycles. The largest absolute Gasteiger partial charge is 0.491 e. The summed E-state index contributed by atoms with van der Waals surface area (Å²) >= 11 is 0. The highest BCUT2D eigenvalue weighted by Crippen LogP contribution is 2.27. The van der Waals surface area contributed by atoms with E-state index in [0.29, 0.717) is 32.2 Å². The number of aromatic nitrogens is 1. The summed E-state index contributed by atoms with van der Waals surface area (Å²) in [6, 6.07) is 7.93. The number of nitrogens with one attached hydrogen (secondary N) is 1. The molecule has 2 amide bonds. The third-order valence-corrected chi connectivity index (χ3v) is 5.48. The summed E-state index contributed by atoms with van der Waals surface area (Å²) < 4.78 is 16.5. The SMILES string of the molecule is Cc1noc(NC(=O)N2CCC(=Cc3cccc(OCCOC(C)C)c3)C(C)C2)c1C. The van der Waals surface area contributed by atoms with Crippen molar-refractivity contribution in [3.05, 3.63) is 46.7 Å². The van der Waals surface area contributed by atoms with Crippen molar-refractivity contribution in [2.45, 2.75) is 47.1 Å². The molecule has 1 atom stereocenters. The first-order valence-corrected chi connectivity index (χ1v) is 10.9. The Bertz CT molecular complexity index is 919.